The number of carbonyl (C=O) groups excluding carboxylic acids is 1. The van der Waals surface area contributed by atoms with Gasteiger partial charge >= 0.3 is 0 Å². The first kappa shape index (κ1) is 26.8. The van der Waals surface area contributed by atoms with Crippen LogP contribution in [0.5, 0.6) is 5.75 Å². The Labute approximate surface area is 230 Å². The number of nitrogens with one attached hydrogen (secondary N) is 1. The Morgan fingerprint density at radius 3 is 2.65 bits per heavy atom. The van der Waals surface area contributed by atoms with Gasteiger partial charge in [-0.1, -0.05) is 0 Å². The van der Waals surface area contributed by atoms with Crippen molar-refractivity contribution in [3.63, 3.8) is 0 Å². The fourth-order valence-corrected chi connectivity index (χ4v) is 4.65. The molecule has 2 saturated heterocycles. The number of rotatable bonds is 7. The van der Waals surface area contributed by atoms with Crippen LogP contribution in [0.2, 0.25) is 0 Å². The van der Waals surface area contributed by atoms with Gasteiger partial charge in [0.25, 0.3) is 0 Å². The zero-order valence-electron chi connectivity index (χ0n) is 21.7. The molecule has 1 aromatic heterocycles. The second-order valence-corrected chi connectivity index (χ2v) is 9.36. The summed E-state index contributed by atoms with van der Waals surface area (Å²) in [7, 11) is 0. The Kier molecular flexibility index (Phi) is 8.28. The van der Waals surface area contributed by atoms with Crippen molar-refractivity contribution in [3.05, 3.63) is 54.4 Å². The third-order valence-electron chi connectivity index (χ3n) is 6.77. The number of nitriles is 2. The highest BCUT2D eigenvalue weighted by molar-refractivity contribution is 5.78. The van der Waals surface area contributed by atoms with E-state index in [2.05, 4.69) is 31.2 Å². The molecule has 1 amide bonds. The minimum absolute atomic E-state index is 0.151. The van der Waals surface area contributed by atoms with Crippen LogP contribution >= 0.6 is 0 Å². The molecule has 1 N–H and O–H groups in total. The molecule has 0 saturated carbocycles. The van der Waals surface area contributed by atoms with Crippen LogP contribution in [0.1, 0.15) is 18.4 Å². The van der Waals surface area contributed by atoms with Gasteiger partial charge in [-0.3, -0.25) is 4.79 Å². The molecule has 12 heteroatoms. The third-order valence-corrected chi connectivity index (χ3v) is 6.77. The smallest absolute Gasteiger partial charge is 0.236 e. The number of benzene rings is 2. The zero-order valence-corrected chi connectivity index (χ0v) is 21.7. The number of halogens is 1. The summed E-state index contributed by atoms with van der Waals surface area (Å²) in [5.41, 5.74) is 2.72. The third kappa shape index (κ3) is 6.25. The van der Waals surface area contributed by atoms with E-state index in [4.69, 9.17) is 14.7 Å². The lowest BCUT2D eigenvalue weighted by Gasteiger charge is -2.34. The van der Waals surface area contributed by atoms with Gasteiger partial charge in [0.2, 0.25) is 11.9 Å². The van der Waals surface area contributed by atoms with Gasteiger partial charge < -0.3 is 24.6 Å². The molecule has 2 aliphatic rings. The molecule has 0 bridgehead atoms. The van der Waals surface area contributed by atoms with E-state index in [0.29, 0.717) is 17.3 Å². The number of anilines is 3. The molecule has 0 radical (unpaired) electrons. The lowest BCUT2D eigenvalue weighted by molar-refractivity contribution is -0.134. The molecule has 0 spiro atoms. The maximum Gasteiger partial charge on any atom is 0.236 e. The van der Waals surface area contributed by atoms with Gasteiger partial charge in [0.05, 0.1) is 31.4 Å². The number of hydrogen-bond donors (Lipinski definition) is 1. The van der Waals surface area contributed by atoms with E-state index in [-0.39, 0.29) is 37.2 Å². The quantitative estimate of drug-likeness (QED) is 0.473. The van der Waals surface area contributed by atoms with Crippen molar-refractivity contribution in [1.29, 1.82) is 10.5 Å². The predicted molar refractivity (Wildman–Crippen MR) is 143 cm³/mol. The van der Waals surface area contributed by atoms with Gasteiger partial charge in [0, 0.05) is 43.0 Å². The first-order valence-electron chi connectivity index (χ1n) is 12.9. The van der Waals surface area contributed by atoms with Crippen LogP contribution in [0.4, 0.5) is 21.7 Å². The second kappa shape index (κ2) is 12.4. The van der Waals surface area contributed by atoms with Gasteiger partial charge in [-0.15, -0.1) is 0 Å². The SMILES string of the molecule is N#CCC(=O)N1CCC(Oc2ccc(-c3ncnc(Nc4ccc(N5CCOCC5)cc4)n3)cc2C#N)C(F)C1. The number of likely N-dealkylation sites (tertiary alicyclic amines) is 1. The molecule has 2 fully saturated rings. The van der Waals surface area contributed by atoms with Gasteiger partial charge in [-0.05, 0) is 42.5 Å². The van der Waals surface area contributed by atoms with Gasteiger partial charge in [0.15, 0.2) is 12.0 Å². The molecule has 2 atom stereocenters. The largest absolute Gasteiger partial charge is 0.486 e. The Hall–Kier alpha value is -4.81. The topological polar surface area (TPSA) is 140 Å². The Morgan fingerprint density at radius 1 is 1.12 bits per heavy atom. The van der Waals surface area contributed by atoms with Crippen molar-refractivity contribution in [2.75, 3.05) is 49.6 Å². The van der Waals surface area contributed by atoms with E-state index in [0.717, 1.165) is 37.7 Å². The van der Waals surface area contributed by atoms with Crippen molar-refractivity contribution >= 4 is 23.2 Å². The Morgan fingerprint density at radius 2 is 1.93 bits per heavy atom. The molecule has 3 heterocycles. The number of alkyl halides is 1. The van der Waals surface area contributed by atoms with Gasteiger partial charge in [-0.2, -0.15) is 15.5 Å². The summed E-state index contributed by atoms with van der Waals surface area (Å²) in [6, 6.07) is 16.7. The van der Waals surface area contributed by atoms with Crippen LogP contribution < -0.4 is 15.0 Å². The lowest BCUT2D eigenvalue weighted by Crippen LogP contribution is -2.49. The number of ether oxygens (including phenoxy) is 2. The molecular formula is C28H27FN8O3. The van der Waals surface area contributed by atoms with Crippen molar-refractivity contribution in [3.8, 4) is 29.3 Å². The summed E-state index contributed by atoms with van der Waals surface area (Å²) in [5, 5.41) is 21.6. The first-order valence-corrected chi connectivity index (χ1v) is 12.9. The fourth-order valence-electron chi connectivity index (χ4n) is 4.65. The second-order valence-electron chi connectivity index (χ2n) is 9.36. The van der Waals surface area contributed by atoms with Gasteiger partial charge in [0.1, 0.15) is 30.7 Å². The number of hydrogen-bond acceptors (Lipinski definition) is 10. The number of morpholine rings is 1. The van der Waals surface area contributed by atoms with Crippen molar-refractivity contribution in [2.24, 2.45) is 0 Å². The number of nitrogens with zero attached hydrogens (tertiary/aromatic N) is 7. The fraction of sp³-hybridized carbons (Fsp3) is 0.357. The average Bonchev–Trinajstić information content (AvgIpc) is 2.99. The molecule has 0 aliphatic carbocycles. The van der Waals surface area contributed by atoms with Crippen LogP contribution in [0, 0.1) is 22.7 Å². The highest BCUT2D eigenvalue weighted by atomic mass is 19.1. The normalized spacial score (nSPS) is 18.9. The van der Waals surface area contributed by atoms with E-state index in [1.807, 2.05) is 24.3 Å². The molecule has 40 heavy (non-hydrogen) atoms. The van der Waals surface area contributed by atoms with E-state index in [1.165, 1.54) is 11.2 Å². The standard InChI is InChI=1S/C28H27FN8O3/c29-23-17-37(26(38)7-9-30)10-8-25(23)40-24-6-1-19(15-20(24)16-31)27-32-18-33-28(35-27)34-21-2-4-22(5-3-21)36-11-13-39-14-12-36/h1-6,15,18,23,25H,7-8,10-14,17H2,(H,32,33,34,35). The zero-order chi connectivity index (χ0) is 27.9. The summed E-state index contributed by atoms with van der Waals surface area (Å²) < 4.78 is 26.0. The summed E-state index contributed by atoms with van der Waals surface area (Å²) >= 11 is 0. The Bertz CT molecular complexity index is 1430. The average molecular weight is 543 g/mol. The summed E-state index contributed by atoms with van der Waals surface area (Å²) in [6.45, 7) is 3.28. The molecule has 2 aromatic carbocycles. The molecule has 11 nitrogen and oxygen atoms in total. The number of carbonyl (C=O) groups is 1. The van der Waals surface area contributed by atoms with E-state index < -0.39 is 18.2 Å². The van der Waals surface area contributed by atoms with Crippen molar-refractivity contribution in [1.82, 2.24) is 19.9 Å². The van der Waals surface area contributed by atoms with Crippen molar-refractivity contribution < 1.29 is 18.7 Å². The summed E-state index contributed by atoms with van der Waals surface area (Å²) in [6.07, 6.45) is -0.901. The highest BCUT2D eigenvalue weighted by Crippen LogP contribution is 2.29. The van der Waals surface area contributed by atoms with Crippen molar-refractivity contribution in [2.45, 2.75) is 25.1 Å². The monoisotopic (exact) mass is 542 g/mol. The number of aromatic nitrogens is 3. The molecule has 204 valence electrons. The van der Waals surface area contributed by atoms with Crippen LogP contribution in [0.15, 0.2) is 48.8 Å². The first-order chi connectivity index (χ1) is 19.5. The van der Waals surface area contributed by atoms with Gasteiger partial charge in [-0.25, -0.2) is 14.4 Å². The predicted octanol–water partition coefficient (Wildman–Crippen LogP) is 3.22. The lowest BCUT2D eigenvalue weighted by atomic mass is 10.0. The molecule has 2 aliphatic heterocycles. The minimum Gasteiger partial charge on any atom is -0.486 e. The minimum atomic E-state index is -1.44. The molecule has 3 aromatic rings. The highest BCUT2D eigenvalue weighted by Gasteiger charge is 2.33. The van der Waals surface area contributed by atoms with E-state index in [9.17, 15) is 14.4 Å². The number of piperidine rings is 1. The van der Waals surface area contributed by atoms with Crippen LogP contribution in [0.3, 0.4) is 0 Å². The summed E-state index contributed by atoms with van der Waals surface area (Å²) in [4.78, 5) is 28.5. The maximum absolute atomic E-state index is 14.8. The van der Waals surface area contributed by atoms with Crippen LogP contribution in [-0.4, -0.2) is 77.4 Å². The molecule has 5 rings (SSSR count). The molecule has 2 unspecified atom stereocenters. The molecular weight excluding hydrogens is 515 g/mol. The number of amides is 1. The Balaban J connectivity index is 1.25. The maximum atomic E-state index is 14.8. The van der Waals surface area contributed by atoms with E-state index in [1.54, 1.807) is 24.3 Å². The van der Waals surface area contributed by atoms with Crippen LogP contribution in [-0.2, 0) is 9.53 Å². The summed E-state index contributed by atoms with van der Waals surface area (Å²) in [5.74, 6) is 0.546. The van der Waals surface area contributed by atoms with E-state index >= 15 is 0 Å². The van der Waals surface area contributed by atoms with Crippen LogP contribution in [0.25, 0.3) is 11.4 Å².